The number of nitrogens with one attached hydrogen (secondary N) is 2. The van der Waals surface area contributed by atoms with Crippen LogP contribution >= 0.6 is 11.3 Å². The van der Waals surface area contributed by atoms with Gasteiger partial charge < -0.3 is 19.7 Å². The number of ether oxygens (including phenoxy) is 2. The average molecular weight is 513 g/mol. The van der Waals surface area contributed by atoms with Gasteiger partial charge in [0.25, 0.3) is 5.91 Å². The summed E-state index contributed by atoms with van der Waals surface area (Å²) < 4.78 is 60.0. The summed E-state index contributed by atoms with van der Waals surface area (Å²) >= 11 is 1.08. The van der Waals surface area contributed by atoms with Gasteiger partial charge in [-0.15, -0.1) is 28.5 Å². The van der Waals surface area contributed by atoms with Gasteiger partial charge in [-0.1, -0.05) is 17.4 Å². The summed E-state index contributed by atoms with van der Waals surface area (Å²) in [5.74, 6) is -2.25. The van der Waals surface area contributed by atoms with E-state index in [9.17, 15) is 22.4 Å². The maximum absolute atomic E-state index is 13.7. The molecule has 1 fully saturated rings. The quantitative estimate of drug-likeness (QED) is 0.438. The first-order chi connectivity index (χ1) is 16.7. The largest absolute Gasteiger partial charge is 0.573 e. The third-order valence-electron chi connectivity index (χ3n) is 5.01. The van der Waals surface area contributed by atoms with Crippen LogP contribution in [0.25, 0.3) is 0 Å². The third kappa shape index (κ3) is 6.30. The average Bonchev–Trinajstić information content (AvgIpc) is 3.46. The lowest BCUT2D eigenvalue weighted by molar-refractivity contribution is -0.275. The number of rotatable bonds is 8. The van der Waals surface area contributed by atoms with Crippen molar-refractivity contribution < 1.29 is 31.8 Å². The standard InChI is InChI=1S/C20H19F4N7O3S/c1-33-16(11-4-5-13(21)14(9-11)34-20(22,23)24)17(32)27-19-30-29-18(35-19)26-12-6-8-31(10-12)15-3-2-7-25-28-15/h2-5,7,9,12,16H,6,8,10H2,1H3,(H,26,29)(H,27,30,32)/t12?,16-/m0/s1. The highest BCUT2D eigenvalue weighted by molar-refractivity contribution is 7.19. The predicted molar refractivity (Wildman–Crippen MR) is 118 cm³/mol. The molecule has 1 unspecified atom stereocenters. The van der Waals surface area contributed by atoms with Crippen molar-refractivity contribution in [3.8, 4) is 5.75 Å². The molecular weight excluding hydrogens is 494 g/mol. The molecule has 1 amide bonds. The Labute approximate surface area is 200 Å². The van der Waals surface area contributed by atoms with Gasteiger partial charge in [-0.3, -0.25) is 10.1 Å². The molecule has 1 aliphatic rings. The van der Waals surface area contributed by atoms with Gasteiger partial charge in [0.15, 0.2) is 23.5 Å². The van der Waals surface area contributed by atoms with Crippen molar-refractivity contribution in [2.45, 2.75) is 24.9 Å². The monoisotopic (exact) mass is 513 g/mol. The maximum atomic E-state index is 13.7. The molecule has 2 N–H and O–H groups in total. The Morgan fingerprint density at radius 2 is 2.03 bits per heavy atom. The number of alkyl halides is 3. The summed E-state index contributed by atoms with van der Waals surface area (Å²) in [7, 11) is 1.19. The summed E-state index contributed by atoms with van der Waals surface area (Å²) in [4.78, 5) is 14.8. The second-order valence-electron chi connectivity index (χ2n) is 7.41. The van der Waals surface area contributed by atoms with Crippen LogP contribution in [-0.2, 0) is 9.53 Å². The van der Waals surface area contributed by atoms with Gasteiger partial charge in [0.2, 0.25) is 10.3 Å². The first-order valence-corrected chi connectivity index (χ1v) is 11.0. The molecule has 186 valence electrons. The van der Waals surface area contributed by atoms with Gasteiger partial charge in [-0.05, 0) is 36.2 Å². The third-order valence-corrected chi connectivity index (χ3v) is 5.78. The zero-order valence-corrected chi connectivity index (χ0v) is 18.9. The molecule has 10 nitrogen and oxygen atoms in total. The van der Waals surface area contributed by atoms with Crippen LogP contribution in [0.1, 0.15) is 18.1 Å². The number of amides is 1. The molecule has 3 heterocycles. The topological polar surface area (TPSA) is 114 Å². The minimum Gasteiger partial charge on any atom is -0.403 e. The van der Waals surface area contributed by atoms with Crippen molar-refractivity contribution in [3.05, 3.63) is 47.9 Å². The van der Waals surface area contributed by atoms with Gasteiger partial charge in [-0.2, -0.15) is 5.10 Å². The van der Waals surface area contributed by atoms with Crippen molar-refractivity contribution in [2.75, 3.05) is 35.7 Å². The Kier molecular flexibility index (Phi) is 7.25. The van der Waals surface area contributed by atoms with Gasteiger partial charge in [0, 0.05) is 32.4 Å². The van der Waals surface area contributed by atoms with Crippen molar-refractivity contribution in [1.82, 2.24) is 20.4 Å². The molecular formula is C20H19F4N7O3S. The summed E-state index contributed by atoms with van der Waals surface area (Å²) in [6.07, 6.45) is -4.00. The van der Waals surface area contributed by atoms with E-state index in [0.29, 0.717) is 11.7 Å². The smallest absolute Gasteiger partial charge is 0.403 e. The molecule has 35 heavy (non-hydrogen) atoms. The van der Waals surface area contributed by atoms with Gasteiger partial charge in [0.1, 0.15) is 0 Å². The molecule has 3 aromatic rings. The molecule has 1 aromatic carbocycles. The van der Waals surface area contributed by atoms with Crippen LogP contribution in [0.5, 0.6) is 5.75 Å². The lowest BCUT2D eigenvalue weighted by Crippen LogP contribution is -2.26. The van der Waals surface area contributed by atoms with Crippen LogP contribution in [0.4, 0.5) is 33.6 Å². The van der Waals surface area contributed by atoms with Crippen molar-refractivity contribution >= 4 is 33.3 Å². The van der Waals surface area contributed by atoms with Gasteiger partial charge in [-0.25, -0.2) is 4.39 Å². The predicted octanol–water partition coefficient (Wildman–Crippen LogP) is 3.38. The number of hydrogen-bond donors (Lipinski definition) is 2. The second-order valence-corrected chi connectivity index (χ2v) is 8.39. The van der Waals surface area contributed by atoms with Crippen LogP contribution in [-0.4, -0.2) is 58.9 Å². The fourth-order valence-electron chi connectivity index (χ4n) is 3.51. The van der Waals surface area contributed by atoms with E-state index in [0.717, 1.165) is 48.3 Å². The number of carbonyl (C=O) groups excluding carboxylic acids is 1. The molecule has 15 heteroatoms. The number of aromatic nitrogens is 4. The van der Waals surface area contributed by atoms with E-state index in [1.165, 1.54) is 7.11 Å². The van der Waals surface area contributed by atoms with Crippen LogP contribution in [0, 0.1) is 5.82 Å². The van der Waals surface area contributed by atoms with Gasteiger partial charge >= 0.3 is 6.36 Å². The number of halogens is 4. The van der Waals surface area contributed by atoms with E-state index in [-0.39, 0.29) is 16.7 Å². The summed E-state index contributed by atoms with van der Waals surface area (Å²) in [6, 6.07) is 6.40. The molecule has 0 radical (unpaired) electrons. The maximum Gasteiger partial charge on any atom is 0.573 e. The SMILES string of the molecule is CO[C@H](C(=O)Nc1nnc(NC2CCN(c3cccnn3)C2)s1)c1ccc(F)c(OC(F)(F)F)c1. The molecule has 1 saturated heterocycles. The lowest BCUT2D eigenvalue weighted by Gasteiger charge is -2.17. The molecule has 0 saturated carbocycles. The summed E-state index contributed by atoms with van der Waals surface area (Å²) in [5.41, 5.74) is -0.0384. The minimum absolute atomic E-state index is 0.0384. The Bertz CT molecular complexity index is 1170. The Morgan fingerprint density at radius 1 is 1.23 bits per heavy atom. The Morgan fingerprint density at radius 3 is 2.74 bits per heavy atom. The zero-order valence-electron chi connectivity index (χ0n) is 18.1. The molecule has 0 bridgehead atoms. The highest BCUT2D eigenvalue weighted by atomic mass is 32.1. The van der Waals surface area contributed by atoms with Crippen molar-refractivity contribution in [2.24, 2.45) is 0 Å². The number of methoxy groups -OCH3 is 1. The van der Waals surface area contributed by atoms with Crippen LogP contribution in [0.2, 0.25) is 0 Å². The van der Waals surface area contributed by atoms with Gasteiger partial charge in [0.05, 0.1) is 0 Å². The van der Waals surface area contributed by atoms with E-state index >= 15 is 0 Å². The molecule has 2 atom stereocenters. The molecule has 4 rings (SSSR count). The highest BCUT2D eigenvalue weighted by Gasteiger charge is 2.33. The Hall–Kier alpha value is -3.59. The fraction of sp³-hybridized carbons (Fsp3) is 0.350. The number of benzene rings is 1. The fourth-order valence-corrected chi connectivity index (χ4v) is 4.23. The highest BCUT2D eigenvalue weighted by Crippen LogP contribution is 2.31. The van der Waals surface area contributed by atoms with Crippen molar-refractivity contribution in [1.29, 1.82) is 0 Å². The molecule has 1 aliphatic heterocycles. The van der Waals surface area contributed by atoms with E-state index < -0.39 is 29.9 Å². The number of hydrogen-bond acceptors (Lipinski definition) is 10. The number of nitrogens with zero attached hydrogens (tertiary/aromatic N) is 5. The van der Waals surface area contributed by atoms with E-state index in [4.69, 9.17) is 4.74 Å². The van der Waals surface area contributed by atoms with Crippen LogP contribution < -0.4 is 20.3 Å². The van der Waals surface area contributed by atoms with E-state index in [2.05, 4.69) is 40.7 Å². The molecule has 2 aromatic heterocycles. The minimum atomic E-state index is -5.09. The van der Waals surface area contributed by atoms with Crippen molar-refractivity contribution in [3.63, 3.8) is 0 Å². The summed E-state index contributed by atoms with van der Waals surface area (Å²) in [6.45, 7) is 1.46. The first-order valence-electron chi connectivity index (χ1n) is 10.2. The first kappa shape index (κ1) is 24.5. The lowest BCUT2D eigenvalue weighted by atomic mass is 10.1. The number of anilines is 3. The van der Waals surface area contributed by atoms with E-state index in [1.54, 1.807) is 6.20 Å². The zero-order chi connectivity index (χ0) is 25.0. The number of carbonyl (C=O) groups is 1. The molecule has 0 aliphatic carbocycles. The Balaban J connectivity index is 1.37. The van der Waals surface area contributed by atoms with Crippen LogP contribution in [0.3, 0.4) is 0 Å². The normalized spacial score (nSPS) is 16.7. The summed E-state index contributed by atoms with van der Waals surface area (Å²) in [5, 5.41) is 22.3. The van der Waals surface area contributed by atoms with E-state index in [1.807, 2.05) is 12.1 Å². The molecule has 0 spiro atoms. The second kappa shape index (κ2) is 10.4. The van der Waals surface area contributed by atoms with Crippen LogP contribution in [0.15, 0.2) is 36.5 Å².